The van der Waals surface area contributed by atoms with Gasteiger partial charge in [0.05, 0.1) is 24.0 Å². The molecule has 1 aromatic heterocycles. The monoisotopic (exact) mass is 449 g/mol. The standard InChI is InChI=1S/C20H21F2N5O3S/c1-11-14-9-31-19(23)27-20(14,4-5-29-11)13-6-12(2-3-15(13)22)26-18(28)16-7-25-17(8-24-16)30-10-21/h2-3,6-8,11,14H,4-5,9-10H2,1H3,(H2,23,27)(H,26,28)/t11?,14-,20-/m1/s1. The lowest BCUT2D eigenvalue weighted by Gasteiger charge is -2.47. The van der Waals surface area contributed by atoms with Gasteiger partial charge in [0.1, 0.15) is 11.5 Å². The maximum atomic E-state index is 15.0. The molecule has 11 heteroatoms. The Morgan fingerprint density at radius 3 is 3.00 bits per heavy atom. The topological polar surface area (TPSA) is 112 Å². The van der Waals surface area contributed by atoms with E-state index in [1.54, 1.807) is 6.07 Å². The molecule has 3 atom stereocenters. The van der Waals surface area contributed by atoms with Crippen LogP contribution in [0.15, 0.2) is 35.6 Å². The number of fused-ring (bicyclic) bond motifs is 1. The lowest BCUT2D eigenvalue weighted by atomic mass is 9.72. The third kappa shape index (κ3) is 4.19. The summed E-state index contributed by atoms with van der Waals surface area (Å²) in [5.41, 5.74) is 5.91. The van der Waals surface area contributed by atoms with Crippen LogP contribution in [-0.2, 0) is 10.3 Å². The van der Waals surface area contributed by atoms with Crippen LogP contribution in [-0.4, -0.2) is 46.4 Å². The molecule has 3 heterocycles. The maximum Gasteiger partial charge on any atom is 0.275 e. The number of anilines is 1. The molecular formula is C20H21F2N5O3S. The minimum atomic E-state index is -1.05. The summed E-state index contributed by atoms with van der Waals surface area (Å²) in [4.78, 5) is 25.0. The Kier molecular flexibility index (Phi) is 6.05. The molecular weight excluding hydrogens is 428 g/mol. The number of alkyl halides is 1. The van der Waals surface area contributed by atoms with Gasteiger partial charge >= 0.3 is 0 Å². The molecule has 0 spiro atoms. The molecule has 3 N–H and O–H groups in total. The fraction of sp³-hybridized carbons (Fsp3) is 0.400. The summed E-state index contributed by atoms with van der Waals surface area (Å²) in [7, 11) is 0. The number of carbonyl (C=O) groups excluding carboxylic acids is 1. The van der Waals surface area contributed by atoms with E-state index in [9.17, 15) is 9.18 Å². The Bertz CT molecular complexity index is 1010. The lowest BCUT2D eigenvalue weighted by molar-refractivity contribution is -0.0514. The van der Waals surface area contributed by atoms with Crippen LogP contribution in [0.5, 0.6) is 5.88 Å². The second-order valence-electron chi connectivity index (χ2n) is 7.26. The molecule has 164 valence electrons. The van der Waals surface area contributed by atoms with Crippen LogP contribution in [0, 0.1) is 11.7 Å². The largest absolute Gasteiger partial charge is 0.445 e. The van der Waals surface area contributed by atoms with E-state index in [4.69, 9.17) is 10.5 Å². The van der Waals surface area contributed by atoms with Crippen molar-refractivity contribution < 1.29 is 23.0 Å². The number of carbonyl (C=O) groups is 1. The zero-order chi connectivity index (χ0) is 22.0. The second-order valence-corrected chi connectivity index (χ2v) is 8.30. The average Bonchev–Trinajstić information content (AvgIpc) is 2.75. The van der Waals surface area contributed by atoms with Crippen molar-refractivity contribution in [2.45, 2.75) is 25.0 Å². The van der Waals surface area contributed by atoms with Gasteiger partial charge in [0.15, 0.2) is 5.17 Å². The molecule has 0 aliphatic carbocycles. The van der Waals surface area contributed by atoms with Gasteiger partial charge in [-0.3, -0.25) is 9.79 Å². The van der Waals surface area contributed by atoms with Gasteiger partial charge in [0.2, 0.25) is 12.7 Å². The number of aliphatic imine (C=N–C) groups is 1. The molecule has 0 saturated carbocycles. The summed E-state index contributed by atoms with van der Waals surface area (Å²) < 4.78 is 37.6. The fourth-order valence-electron chi connectivity index (χ4n) is 3.99. The molecule has 1 fully saturated rings. The molecule has 2 aliphatic heterocycles. The molecule has 2 aromatic rings. The summed E-state index contributed by atoms with van der Waals surface area (Å²) in [5, 5.41) is 3.10. The summed E-state index contributed by atoms with van der Waals surface area (Å²) >= 11 is 1.43. The van der Waals surface area contributed by atoms with Crippen molar-refractivity contribution in [3.05, 3.63) is 47.7 Å². The Balaban J connectivity index is 1.64. The highest BCUT2D eigenvalue weighted by Crippen LogP contribution is 2.48. The lowest BCUT2D eigenvalue weighted by Crippen LogP contribution is -2.50. The Morgan fingerprint density at radius 1 is 1.42 bits per heavy atom. The number of amides is 1. The van der Waals surface area contributed by atoms with Gasteiger partial charge in [-0.2, -0.15) is 0 Å². The van der Waals surface area contributed by atoms with Gasteiger partial charge in [0, 0.05) is 35.9 Å². The van der Waals surface area contributed by atoms with Crippen LogP contribution in [0.25, 0.3) is 0 Å². The molecule has 1 unspecified atom stereocenters. The zero-order valence-electron chi connectivity index (χ0n) is 16.7. The first-order chi connectivity index (χ1) is 14.9. The highest BCUT2D eigenvalue weighted by Gasteiger charge is 2.49. The number of nitrogens with two attached hydrogens (primary N) is 1. The third-order valence-electron chi connectivity index (χ3n) is 5.52. The van der Waals surface area contributed by atoms with Crippen LogP contribution >= 0.6 is 11.8 Å². The molecule has 0 radical (unpaired) electrons. The number of ether oxygens (including phenoxy) is 2. The molecule has 31 heavy (non-hydrogen) atoms. The highest BCUT2D eigenvalue weighted by atomic mass is 32.2. The summed E-state index contributed by atoms with van der Waals surface area (Å²) in [6.45, 7) is 1.34. The van der Waals surface area contributed by atoms with Gasteiger partial charge in [-0.25, -0.2) is 18.7 Å². The number of halogens is 2. The normalized spacial score (nSPS) is 25.3. The first-order valence-corrected chi connectivity index (χ1v) is 10.6. The number of rotatable bonds is 5. The van der Waals surface area contributed by atoms with Gasteiger partial charge in [-0.1, -0.05) is 11.8 Å². The number of nitrogens with one attached hydrogen (secondary N) is 1. The predicted octanol–water partition coefficient (Wildman–Crippen LogP) is 2.86. The van der Waals surface area contributed by atoms with Gasteiger partial charge in [-0.05, 0) is 25.1 Å². The molecule has 1 aromatic carbocycles. The Morgan fingerprint density at radius 2 is 2.26 bits per heavy atom. The molecule has 8 nitrogen and oxygen atoms in total. The van der Waals surface area contributed by atoms with E-state index in [1.807, 2.05) is 6.92 Å². The van der Waals surface area contributed by atoms with Crippen LogP contribution in [0.1, 0.15) is 29.4 Å². The first kappa shape index (κ1) is 21.4. The van der Waals surface area contributed by atoms with E-state index < -0.39 is 24.1 Å². The minimum absolute atomic E-state index is 0.00384. The third-order valence-corrected chi connectivity index (χ3v) is 6.43. The predicted molar refractivity (Wildman–Crippen MR) is 112 cm³/mol. The van der Waals surface area contributed by atoms with Crippen molar-refractivity contribution in [1.29, 1.82) is 0 Å². The van der Waals surface area contributed by atoms with E-state index in [1.165, 1.54) is 30.1 Å². The fourth-order valence-corrected chi connectivity index (χ4v) is 5.12. The highest BCUT2D eigenvalue weighted by molar-refractivity contribution is 8.13. The van der Waals surface area contributed by atoms with Gasteiger partial charge in [0.25, 0.3) is 5.91 Å². The number of amidine groups is 1. The molecule has 0 bridgehead atoms. The van der Waals surface area contributed by atoms with Crippen LogP contribution in [0.4, 0.5) is 14.5 Å². The van der Waals surface area contributed by atoms with Gasteiger partial charge < -0.3 is 20.5 Å². The number of hydrogen-bond donors (Lipinski definition) is 2. The molecule has 2 aliphatic rings. The number of thioether (sulfide) groups is 1. The van der Waals surface area contributed by atoms with Crippen LogP contribution < -0.4 is 15.8 Å². The summed E-state index contributed by atoms with van der Waals surface area (Å²) in [6.07, 6.45) is 2.69. The number of aromatic nitrogens is 2. The molecule has 4 rings (SSSR count). The number of nitrogens with zero attached hydrogens (tertiary/aromatic N) is 3. The summed E-state index contributed by atoms with van der Waals surface area (Å²) in [6, 6.07) is 4.34. The van der Waals surface area contributed by atoms with E-state index in [-0.39, 0.29) is 23.6 Å². The summed E-state index contributed by atoms with van der Waals surface area (Å²) in [5.74, 6) is -0.406. The van der Waals surface area contributed by atoms with Crippen molar-refractivity contribution >= 4 is 28.5 Å². The number of benzene rings is 1. The first-order valence-electron chi connectivity index (χ1n) is 9.65. The quantitative estimate of drug-likeness (QED) is 0.722. The van der Waals surface area contributed by atoms with E-state index in [2.05, 4.69) is 25.0 Å². The molecule has 1 saturated heterocycles. The zero-order valence-corrected chi connectivity index (χ0v) is 17.5. The Labute approximate surface area is 181 Å². The minimum Gasteiger partial charge on any atom is -0.445 e. The van der Waals surface area contributed by atoms with Crippen molar-refractivity contribution in [2.75, 3.05) is 24.5 Å². The SMILES string of the molecule is CC1OCC[C@]2(c3cc(NC(=O)c4cnc(OCF)cn4)ccc3F)N=C(N)SC[C@H]12. The van der Waals surface area contributed by atoms with Crippen molar-refractivity contribution in [3.63, 3.8) is 0 Å². The number of hydrogen-bond acceptors (Lipinski definition) is 8. The van der Waals surface area contributed by atoms with Gasteiger partial charge in [-0.15, -0.1) is 0 Å². The van der Waals surface area contributed by atoms with Crippen molar-refractivity contribution in [1.82, 2.24) is 9.97 Å². The van der Waals surface area contributed by atoms with Crippen molar-refractivity contribution in [3.8, 4) is 5.88 Å². The second kappa shape index (κ2) is 8.75. The molecule has 1 amide bonds. The van der Waals surface area contributed by atoms with Crippen molar-refractivity contribution in [2.24, 2.45) is 16.6 Å². The van der Waals surface area contributed by atoms with Crippen LogP contribution in [0.2, 0.25) is 0 Å². The van der Waals surface area contributed by atoms with Crippen LogP contribution in [0.3, 0.4) is 0 Å². The van der Waals surface area contributed by atoms with E-state index >= 15 is 4.39 Å². The Hall–Kier alpha value is -2.79. The smallest absolute Gasteiger partial charge is 0.275 e. The average molecular weight is 449 g/mol. The van der Waals surface area contributed by atoms with E-state index in [0.717, 1.165) is 6.20 Å². The maximum absolute atomic E-state index is 15.0. The van der Waals surface area contributed by atoms with E-state index in [0.29, 0.717) is 35.2 Å².